The summed E-state index contributed by atoms with van der Waals surface area (Å²) in [6.07, 6.45) is 14.2. The van der Waals surface area contributed by atoms with Crippen molar-refractivity contribution in [3.05, 3.63) is 120 Å². The van der Waals surface area contributed by atoms with E-state index in [1.54, 1.807) is 0 Å². The molecule has 2 aliphatic rings. The number of hydrogen-bond donors (Lipinski definition) is 0. The van der Waals surface area contributed by atoms with E-state index >= 15 is 0 Å². The highest BCUT2D eigenvalue weighted by Crippen LogP contribution is 2.37. The smallest absolute Gasteiger partial charge is 0.0860 e. The van der Waals surface area contributed by atoms with Crippen molar-refractivity contribution in [2.45, 2.75) is 19.3 Å². The molecular formula is C23H21N. The summed E-state index contributed by atoms with van der Waals surface area (Å²) < 4.78 is 1.97. The number of fused-ring (bicyclic) bond motifs is 1. The van der Waals surface area contributed by atoms with Crippen molar-refractivity contribution in [1.82, 2.24) is 0 Å². The normalized spacial score (nSPS) is 16.0. The molecule has 1 nitrogen and oxygen atoms in total. The van der Waals surface area contributed by atoms with E-state index in [2.05, 4.69) is 73.8 Å². The molecule has 0 fully saturated rings. The highest BCUT2D eigenvalue weighted by molar-refractivity contribution is 5.66. The Hall–Kier alpha value is -2.80. The predicted molar refractivity (Wildman–Crippen MR) is 98.2 cm³/mol. The van der Waals surface area contributed by atoms with Crippen LogP contribution in [-0.4, -0.2) is 0 Å². The van der Waals surface area contributed by atoms with Gasteiger partial charge in [-0.15, -0.1) is 0 Å². The van der Waals surface area contributed by atoms with E-state index in [0.717, 1.165) is 19.3 Å². The highest BCUT2D eigenvalue weighted by Gasteiger charge is 2.22. The molecule has 0 saturated heterocycles. The minimum Gasteiger partial charge on any atom is -0.337 e. The maximum absolute atomic E-state index is 4.10. The summed E-state index contributed by atoms with van der Waals surface area (Å²) in [6.45, 7) is 0. The molecule has 1 aromatic carbocycles. The lowest BCUT2D eigenvalue weighted by molar-refractivity contribution is -0.620. The topological polar surface area (TPSA) is 3.88 Å². The molecule has 4 rings (SSSR count). The Kier molecular flexibility index (Phi) is 3.92. The highest BCUT2D eigenvalue weighted by atomic mass is 14.9. The van der Waals surface area contributed by atoms with Crippen molar-refractivity contribution in [1.29, 1.82) is 0 Å². The van der Waals surface area contributed by atoms with E-state index in [9.17, 15) is 0 Å². The molecule has 0 aliphatic heterocycles. The summed E-state index contributed by atoms with van der Waals surface area (Å²) in [5.41, 5.74) is 8.23. The van der Waals surface area contributed by atoms with Crippen LogP contribution in [0, 0.1) is 7.05 Å². The molecule has 0 bridgehead atoms. The van der Waals surface area contributed by atoms with Gasteiger partial charge >= 0.3 is 0 Å². The summed E-state index contributed by atoms with van der Waals surface area (Å²) in [5.74, 6) is 0. The van der Waals surface area contributed by atoms with Gasteiger partial charge in [0.25, 0.3) is 0 Å². The maximum atomic E-state index is 4.10. The van der Waals surface area contributed by atoms with Gasteiger partial charge in [-0.05, 0) is 40.7 Å². The average molecular weight is 311 g/mol. The zero-order chi connectivity index (χ0) is 16.4. The summed E-state index contributed by atoms with van der Waals surface area (Å²) in [7, 11) is 4.10. The fourth-order valence-corrected chi connectivity index (χ4v) is 3.50. The molecule has 118 valence electrons. The summed E-state index contributed by atoms with van der Waals surface area (Å²) in [6, 6.07) is 17.0. The molecule has 1 heteroatoms. The van der Waals surface area contributed by atoms with Crippen LogP contribution in [0.3, 0.4) is 0 Å². The molecule has 0 amide bonds. The SMILES string of the molecule is [CH2-][n+]1ccccc1CC1=CC(Cc2ccccc2)=C2C=CCC=C12. The summed E-state index contributed by atoms with van der Waals surface area (Å²) in [4.78, 5) is 0. The molecule has 0 saturated carbocycles. The quantitative estimate of drug-likeness (QED) is 0.577. The van der Waals surface area contributed by atoms with E-state index in [4.69, 9.17) is 0 Å². The zero-order valence-corrected chi connectivity index (χ0v) is 13.8. The lowest BCUT2D eigenvalue weighted by Crippen LogP contribution is -2.30. The van der Waals surface area contributed by atoms with Crippen LogP contribution in [0.15, 0.2) is 101 Å². The lowest BCUT2D eigenvalue weighted by Gasteiger charge is -2.13. The Morgan fingerprint density at radius 2 is 1.79 bits per heavy atom. The van der Waals surface area contributed by atoms with Crippen LogP contribution in [0.2, 0.25) is 0 Å². The number of nitrogens with zero attached hydrogens (tertiary/aromatic N) is 1. The Balaban J connectivity index is 1.66. The van der Waals surface area contributed by atoms with Crippen molar-refractivity contribution < 1.29 is 4.57 Å². The predicted octanol–water partition coefficient (Wildman–Crippen LogP) is 4.52. The molecule has 2 aliphatic carbocycles. The number of allylic oxidation sites excluding steroid dienone is 8. The van der Waals surface area contributed by atoms with Crippen LogP contribution in [0.1, 0.15) is 17.7 Å². The first kappa shape index (κ1) is 14.8. The van der Waals surface area contributed by atoms with Gasteiger partial charge in [0.1, 0.15) is 0 Å². The number of benzene rings is 1. The van der Waals surface area contributed by atoms with Crippen molar-refractivity contribution >= 4 is 0 Å². The Bertz CT molecular complexity index is 879. The van der Waals surface area contributed by atoms with Gasteiger partial charge < -0.3 is 4.57 Å². The Labute approximate surface area is 144 Å². The summed E-state index contributed by atoms with van der Waals surface area (Å²) in [5, 5.41) is 0. The van der Waals surface area contributed by atoms with E-state index in [1.165, 1.54) is 33.5 Å². The van der Waals surface area contributed by atoms with Gasteiger partial charge in [-0.3, -0.25) is 0 Å². The van der Waals surface area contributed by atoms with Crippen LogP contribution in [0.5, 0.6) is 0 Å². The van der Waals surface area contributed by atoms with E-state index in [-0.39, 0.29) is 0 Å². The van der Waals surface area contributed by atoms with Crippen molar-refractivity contribution in [3.63, 3.8) is 0 Å². The standard InChI is InChI=1S/C23H21N/c1-24-14-8-7-11-21(24)17-20-16-19(15-18-9-3-2-4-10-18)22-12-5-6-13-23(20)22/h2-5,7-14,16H,1,6,15,17H2. The van der Waals surface area contributed by atoms with E-state index in [0.29, 0.717) is 0 Å². The number of aromatic nitrogens is 1. The second-order valence-electron chi connectivity index (χ2n) is 6.37. The second-order valence-corrected chi connectivity index (χ2v) is 6.37. The molecule has 2 aromatic rings. The van der Waals surface area contributed by atoms with Crippen LogP contribution in [-0.2, 0) is 12.8 Å². The molecule has 24 heavy (non-hydrogen) atoms. The summed E-state index contributed by atoms with van der Waals surface area (Å²) >= 11 is 0. The largest absolute Gasteiger partial charge is 0.337 e. The lowest BCUT2D eigenvalue weighted by atomic mass is 9.93. The van der Waals surface area contributed by atoms with E-state index in [1.807, 2.05) is 16.8 Å². The van der Waals surface area contributed by atoms with Gasteiger partial charge in [0.2, 0.25) is 0 Å². The van der Waals surface area contributed by atoms with Crippen molar-refractivity contribution in [2.75, 3.05) is 0 Å². The molecular weight excluding hydrogens is 290 g/mol. The van der Waals surface area contributed by atoms with Crippen LogP contribution in [0.4, 0.5) is 0 Å². The zero-order valence-electron chi connectivity index (χ0n) is 13.8. The number of hydrogen-bond acceptors (Lipinski definition) is 0. The van der Waals surface area contributed by atoms with Gasteiger partial charge in [-0.2, -0.15) is 0 Å². The molecule has 0 spiro atoms. The monoisotopic (exact) mass is 311 g/mol. The third kappa shape index (κ3) is 2.85. The van der Waals surface area contributed by atoms with Gasteiger partial charge in [0.05, 0.1) is 11.9 Å². The average Bonchev–Trinajstić information content (AvgIpc) is 2.96. The number of pyridine rings is 1. The molecule has 1 heterocycles. The van der Waals surface area contributed by atoms with Crippen LogP contribution < -0.4 is 4.57 Å². The van der Waals surface area contributed by atoms with Gasteiger partial charge in [-0.25, -0.2) is 0 Å². The fourth-order valence-electron chi connectivity index (χ4n) is 3.50. The van der Waals surface area contributed by atoms with Gasteiger partial charge in [0, 0.05) is 13.5 Å². The molecule has 1 aromatic heterocycles. The minimum atomic E-state index is 0.922. The van der Waals surface area contributed by atoms with Crippen molar-refractivity contribution in [3.8, 4) is 0 Å². The third-order valence-electron chi connectivity index (χ3n) is 4.72. The van der Waals surface area contributed by atoms with Gasteiger partial charge in [-0.1, -0.05) is 72.8 Å². The Morgan fingerprint density at radius 3 is 2.62 bits per heavy atom. The molecule has 0 N–H and O–H groups in total. The first-order valence-electron chi connectivity index (χ1n) is 8.47. The molecule has 0 unspecified atom stereocenters. The molecule has 0 radical (unpaired) electrons. The number of rotatable bonds is 4. The second kappa shape index (κ2) is 6.37. The van der Waals surface area contributed by atoms with Crippen LogP contribution >= 0.6 is 0 Å². The van der Waals surface area contributed by atoms with Gasteiger partial charge in [0.15, 0.2) is 0 Å². The van der Waals surface area contributed by atoms with E-state index < -0.39 is 0 Å². The maximum Gasteiger partial charge on any atom is 0.0860 e. The fraction of sp³-hybridized carbons (Fsp3) is 0.130. The van der Waals surface area contributed by atoms with Crippen LogP contribution in [0.25, 0.3) is 0 Å². The van der Waals surface area contributed by atoms with Crippen molar-refractivity contribution in [2.24, 2.45) is 0 Å². The third-order valence-corrected chi connectivity index (χ3v) is 4.72. The first-order chi connectivity index (χ1) is 11.8. The first-order valence-corrected chi connectivity index (χ1v) is 8.47. The minimum absolute atomic E-state index is 0.922. The Morgan fingerprint density at radius 1 is 0.958 bits per heavy atom. The molecule has 0 atom stereocenters.